The SMILES string of the molecule is CC(C)(C)c1ccc([C@@H]2CCCC(C3CCC4CCCC=C4C4=C3CCC(P(c3ccccc3)C3CC=CCC3)=C4)C2)cc1. The first-order valence-electron chi connectivity index (χ1n) is 18.2. The van der Waals surface area contributed by atoms with Crippen LogP contribution in [0.15, 0.2) is 101 Å². The predicted molar refractivity (Wildman–Crippen MR) is 192 cm³/mol. The average Bonchev–Trinajstić information content (AvgIpc) is 3.23. The molecule has 0 nitrogen and oxygen atoms in total. The minimum Gasteiger partial charge on any atom is -0.0885 e. The highest BCUT2D eigenvalue weighted by atomic mass is 31.1. The van der Waals surface area contributed by atoms with Gasteiger partial charge in [-0.1, -0.05) is 112 Å². The molecule has 0 amide bonds. The van der Waals surface area contributed by atoms with Crippen LogP contribution < -0.4 is 5.30 Å². The minimum absolute atomic E-state index is 0.226. The lowest BCUT2D eigenvalue weighted by atomic mass is 9.68. The molecule has 0 aromatic heterocycles. The highest BCUT2D eigenvalue weighted by molar-refractivity contribution is 7.70. The van der Waals surface area contributed by atoms with Crippen molar-refractivity contribution in [1.29, 1.82) is 0 Å². The Balaban J connectivity index is 1.22. The normalized spacial score (nSPS) is 30.0. The zero-order valence-corrected chi connectivity index (χ0v) is 28.6. The molecular formula is C43H55P. The van der Waals surface area contributed by atoms with Crippen molar-refractivity contribution in [3.05, 3.63) is 112 Å². The number of hydrogen-bond donors (Lipinski definition) is 0. The van der Waals surface area contributed by atoms with E-state index in [1.54, 1.807) is 27.3 Å². The molecule has 0 spiro atoms. The molecule has 5 unspecified atom stereocenters. The molecule has 0 heterocycles. The Kier molecular flexibility index (Phi) is 9.20. The van der Waals surface area contributed by atoms with E-state index >= 15 is 0 Å². The molecule has 0 N–H and O–H groups in total. The third-order valence-electron chi connectivity index (χ3n) is 11.9. The molecule has 44 heavy (non-hydrogen) atoms. The zero-order chi connectivity index (χ0) is 30.1. The van der Waals surface area contributed by atoms with Crippen molar-refractivity contribution in [1.82, 2.24) is 0 Å². The number of allylic oxidation sites excluding steroid dienone is 8. The zero-order valence-electron chi connectivity index (χ0n) is 27.7. The van der Waals surface area contributed by atoms with Crippen LogP contribution in [0.4, 0.5) is 0 Å². The Morgan fingerprint density at radius 2 is 1.55 bits per heavy atom. The molecule has 2 aromatic carbocycles. The quantitative estimate of drug-likeness (QED) is 0.236. The highest BCUT2D eigenvalue weighted by Gasteiger charge is 2.39. The summed E-state index contributed by atoms with van der Waals surface area (Å²) in [5.41, 5.74) is 9.48. The van der Waals surface area contributed by atoms with Crippen LogP contribution in [0.3, 0.4) is 0 Å². The van der Waals surface area contributed by atoms with Crippen LogP contribution in [0.2, 0.25) is 0 Å². The van der Waals surface area contributed by atoms with Crippen molar-refractivity contribution < 1.29 is 0 Å². The minimum atomic E-state index is -0.287. The third kappa shape index (κ3) is 6.41. The fourth-order valence-corrected chi connectivity index (χ4v) is 12.7. The lowest BCUT2D eigenvalue weighted by Gasteiger charge is -2.39. The van der Waals surface area contributed by atoms with Gasteiger partial charge in [0, 0.05) is 0 Å². The fraction of sp³-hybridized carbons (Fsp3) is 0.535. The maximum absolute atomic E-state index is 2.82. The van der Waals surface area contributed by atoms with E-state index in [1.165, 1.54) is 95.5 Å². The number of hydrogen-bond acceptors (Lipinski definition) is 0. The van der Waals surface area contributed by atoms with E-state index < -0.39 is 0 Å². The maximum Gasteiger partial charge on any atom is -0.00943 e. The summed E-state index contributed by atoms with van der Waals surface area (Å²) in [5, 5.41) is 3.42. The molecule has 0 saturated heterocycles. The lowest BCUT2D eigenvalue weighted by Crippen LogP contribution is -2.25. The van der Waals surface area contributed by atoms with Crippen molar-refractivity contribution >= 4 is 13.2 Å². The first kappa shape index (κ1) is 30.5. The third-order valence-corrected chi connectivity index (χ3v) is 15.0. The van der Waals surface area contributed by atoms with Crippen LogP contribution in [0.1, 0.15) is 128 Å². The van der Waals surface area contributed by atoms with Gasteiger partial charge in [-0.3, -0.25) is 0 Å². The summed E-state index contributed by atoms with van der Waals surface area (Å²) in [7, 11) is -0.287. The average molecular weight is 603 g/mol. The van der Waals surface area contributed by atoms with Gasteiger partial charge in [0.05, 0.1) is 0 Å². The first-order valence-corrected chi connectivity index (χ1v) is 19.6. The molecule has 0 bridgehead atoms. The predicted octanol–water partition coefficient (Wildman–Crippen LogP) is 12.3. The van der Waals surface area contributed by atoms with E-state index in [1.807, 2.05) is 5.57 Å². The molecule has 7 rings (SSSR count). The van der Waals surface area contributed by atoms with Gasteiger partial charge in [0.1, 0.15) is 0 Å². The van der Waals surface area contributed by atoms with E-state index in [4.69, 9.17) is 0 Å². The largest absolute Gasteiger partial charge is 0.0885 e. The van der Waals surface area contributed by atoms with Gasteiger partial charge in [0.15, 0.2) is 0 Å². The summed E-state index contributed by atoms with van der Waals surface area (Å²) >= 11 is 0. The topological polar surface area (TPSA) is 0 Å². The Hall–Kier alpha value is -2.17. The van der Waals surface area contributed by atoms with Gasteiger partial charge >= 0.3 is 0 Å². The molecule has 2 aromatic rings. The van der Waals surface area contributed by atoms with Crippen molar-refractivity contribution in [2.24, 2.45) is 17.8 Å². The Morgan fingerprint density at radius 1 is 0.727 bits per heavy atom. The smallest absolute Gasteiger partial charge is 0.00943 e. The van der Waals surface area contributed by atoms with E-state index in [0.717, 1.165) is 29.3 Å². The second kappa shape index (κ2) is 13.3. The molecule has 1 heteroatoms. The molecule has 5 aliphatic carbocycles. The van der Waals surface area contributed by atoms with Crippen molar-refractivity contribution in [3.63, 3.8) is 0 Å². The molecule has 6 atom stereocenters. The number of fused-ring (bicyclic) bond motifs is 2. The van der Waals surface area contributed by atoms with E-state index in [0.29, 0.717) is 0 Å². The molecule has 5 aliphatic rings. The monoisotopic (exact) mass is 602 g/mol. The molecule has 232 valence electrons. The van der Waals surface area contributed by atoms with Crippen LogP contribution in [0.5, 0.6) is 0 Å². The van der Waals surface area contributed by atoms with Gasteiger partial charge in [0.25, 0.3) is 0 Å². The van der Waals surface area contributed by atoms with E-state index in [-0.39, 0.29) is 13.3 Å². The van der Waals surface area contributed by atoms with Gasteiger partial charge in [0.2, 0.25) is 0 Å². The summed E-state index contributed by atoms with van der Waals surface area (Å²) in [6, 6.07) is 21.5. The summed E-state index contributed by atoms with van der Waals surface area (Å²) < 4.78 is 0. The molecule has 0 aliphatic heterocycles. The standard InChI is InChI=1S/C43H55P/c1-43(2,3)35-24-21-31(22-25-35)33-14-12-15-34(29-33)40-27-23-32-13-10-11-20-39(32)42-30-38(26-28-41(40)42)44(36-16-6-4-7-17-36)37-18-8-5-9-19-37/h4-8,16-17,20-22,24-25,30,32-34,37,40H,9-15,18-19,23,26-29H2,1-3H3/t32?,33-,34?,37?,40?,44?/m1/s1. The molecule has 1 saturated carbocycles. The van der Waals surface area contributed by atoms with Gasteiger partial charge < -0.3 is 0 Å². The summed E-state index contributed by atoms with van der Waals surface area (Å²) in [4.78, 5) is 0. The van der Waals surface area contributed by atoms with Crippen molar-refractivity contribution in [2.45, 2.75) is 128 Å². The summed E-state index contributed by atoms with van der Waals surface area (Å²) in [6.45, 7) is 7.01. The van der Waals surface area contributed by atoms with Gasteiger partial charge in [-0.15, -0.1) is 0 Å². The molecular weight excluding hydrogens is 547 g/mol. The van der Waals surface area contributed by atoms with Crippen LogP contribution >= 0.6 is 7.92 Å². The van der Waals surface area contributed by atoms with Crippen LogP contribution in [0.25, 0.3) is 0 Å². The molecule has 0 radical (unpaired) electrons. The second-order valence-electron chi connectivity index (χ2n) is 15.7. The Morgan fingerprint density at radius 3 is 2.32 bits per heavy atom. The van der Waals surface area contributed by atoms with E-state index in [9.17, 15) is 0 Å². The second-order valence-corrected chi connectivity index (χ2v) is 18.2. The van der Waals surface area contributed by atoms with Gasteiger partial charge in [-0.25, -0.2) is 0 Å². The van der Waals surface area contributed by atoms with Crippen molar-refractivity contribution in [3.8, 4) is 0 Å². The first-order chi connectivity index (χ1) is 21.5. The number of rotatable bonds is 5. The van der Waals surface area contributed by atoms with Crippen LogP contribution in [-0.4, -0.2) is 5.66 Å². The summed E-state index contributed by atoms with van der Waals surface area (Å²) in [6.07, 6.45) is 29.4. The highest BCUT2D eigenvalue weighted by Crippen LogP contribution is 2.59. The Bertz CT molecular complexity index is 1410. The molecule has 1 fully saturated rings. The lowest BCUT2D eigenvalue weighted by molar-refractivity contribution is 0.233. The van der Waals surface area contributed by atoms with Crippen molar-refractivity contribution in [2.75, 3.05) is 0 Å². The van der Waals surface area contributed by atoms with Crippen LogP contribution in [-0.2, 0) is 5.41 Å². The van der Waals surface area contributed by atoms with Gasteiger partial charge in [-0.2, -0.15) is 0 Å². The fourth-order valence-electron chi connectivity index (χ4n) is 9.58. The summed E-state index contributed by atoms with van der Waals surface area (Å²) in [5.74, 6) is 3.15. The van der Waals surface area contributed by atoms with Gasteiger partial charge in [-0.05, 0) is 159 Å². The van der Waals surface area contributed by atoms with E-state index in [2.05, 4.69) is 99.7 Å². The number of benzene rings is 2. The van der Waals surface area contributed by atoms with Crippen LogP contribution in [0, 0.1) is 17.8 Å². The Labute approximate surface area is 270 Å². The maximum atomic E-state index is 2.82.